The molecule has 1 rings (SSSR count). The molecule has 1 amide bonds. The minimum Gasteiger partial charge on any atom is -0.394 e. The topological polar surface area (TPSA) is 99.0 Å². The number of amides is 1. The number of nitrogens with zero attached hydrogens (tertiary/aromatic N) is 2. The van der Waals surface area contributed by atoms with E-state index in [9.17, 15) is 4.79 Å². The summed E-state index contributed by atoms with van der Waals surface area (Å²) >= 11 is 0. The molecule has 0 saturated carbocycles. The molecule has 1 heterocycles. The molecule has 0 atom stereocenters. The molecule has 0 aromatic carbocycles. The molecule has 5 N–H and O–H groups in total. The van der Waals surface area contributed by atoms with Crippen LogP contribution < -0.4 is 16.8 Å². The molecule has 0 unspecified atom stereocenters. The number of nitrogen functional groups attached to an aromatic ring is 1. The largest absolute Gasteiger partial charge is 0.394 e. The van der Waals surface area contributed by atoms with E-state index in [1.165, 1.54) is 0 Å². The summed E-state index contributed by atoms with van der Waals surface area (Å²) < 4.78 is 1.61. The molecule has 0 fully saturated rings. The van der Waals surface area contributed by atoms with E-state index in [-0.39, 0.29) is 12.3 Å². The molecule has 15 heavy (non-hydrogen) atoms. The summed E-state index contributed by atoms with van der Waals surface area (Å²) in [5, 5.41) is 7.21. The third kappa shape index (κ3) is 3.16. The van der Waals surface area contributed by atoms with Gasteiger partial charge < -0.3 is 16.8 Å². The van der Waals surface area contributed by atoms with Gasteiger partial charge in [0.25, 0.3) is 0 Å². The van der Waals surface area contributed by atoms with E-state index < -0.39 is 5.54 Å². The molecular formula is C9H17N5O. The molecule has 0 radical (unpaired) electrons. The number of primary amides is 1. The fourth-order valence-electron chi connectivity index (χ4n) is 1.40. The SMILES string of the molecule is Cn1cc(N)c(NC(C)(C)CC(N)=O)n1. The molecule has 1 aromatic rings. The zero-order valence-electron chi connectivity index (χ0n) is 9.24. The van der Waals surface area contributed by atoms with Gasteiger partial charge in [0, 0.05) is 25.2 Å². The van der Waals surface area contributed by atoms with Gasteiger partial charge in [0.2, 0.25) is 5.91 Å². The molecule has 84 valence electrons. The van der Waals surface area contributed by atoms with Gasteiger partial charge in [-0.1, -0.05) is 0 Å². The first-order valence-corrected chi connectivity index (χ1v) is 4.66. The first kappa shape index (κ1) is 11.4. The van der Waals surface area contributed by atoms with Crippen LogP contribution in [0.25, 0.3) is 0 Å². The molecule has 6 heteroatoms. The number of aromatic nitrogens is 2. The Balaban J connectivity index is 2.76. The molecule has 0 aliphatic rings. The molecule has 0 bridgehead atoms. The molecule has 1 aromatic heterocycles. The minimum atomic E-state index is -0.450. The summed E-state index contributed by atoms with van der Waals surface area (Å²) in [6, 6.07) is 0. The standard InChI is InChI=1S/C9H17N5O/c1-9(2,4-7(11)15)12-8-6(10)5-14(3)13-8/h5H,4,10H2,1-3H3,(H2,11,15)(H,12,13). The van der Waals surface area contributed by atoms with Crippen LogP contribution in [0.1, 0.15) is 20.3 Å². The zero-order valence-corrected chi connectivity index (χ0v) is 9.24. The van der Waals surface area contributed by atoms with E-state index in [0.717, 1.165) is 0 Å². The Morgan fingerprint density at radius 2 is 2.27 bits per heavy atom. The van der Waals surface area contributed by atoms with E-state index in [4.69, 9.17) is 11.5 Å². The smallest absolute Gasteiger partial charge is 0.219 e. The summed E-state index contributed by atoms with van der Waals surface area (Å²) in [6.07, 6.45) is 1.92. The van der Waals surface area contributed by atoms with Gasteiger partial charge in [-0.15, -0.1) is 0 Å². The summed E-state index contributed by atoms with van der Waals surface area (Å²) in [4.78, 5) is 10.8. The number of aryl methyl sites for hydroxylation is 1. The van der Waals surface area contributed by atoms with Gasteiger partial charge in [-0.05, 0) is 13.8 Å². The molecule has 0 aliphatic carbocycles. The average Bonchev–Trinajstić information content (AvgIpc) is 2.25. The molecular weight excluding hydrogens is 194 g/mol. The number of hydrogen-bond donors (Lipinski definition) is 3. The van der Waals surface area contributed by atoms with E-state index >= 15 is 0 Å². The predicted molar refractivity (Wildman–Crippen MR) is 59.1 cm³/mol. The van der Waals surface area contributed by atoms with E-state index in [1.54, 1.807) is 17.9 Å². The van der Waals surface area contributed by atoms with E-state index in [1.807, 2.05) is 13.8 Å². The van der Waals surface area contributed by atoms with Crippen LogP contribution in [-0.2, 0) is 11.8 Å². The van der Waals surface area contributed by atoms with Crippen LogP contribution in [0.3, 0.4) is 0 Å². The van der Waals surface area contributed by atoms with Crippen molar-refractivity contribution in [2.75, 3.05) is 11.1 Å². The second-order valence-electron chi connectivity index (χ2n) is 4.26. The van der Waals surface area contributed by atoms with Gasteiger partial charge in [0.15, 0.2) is 5.82 Å². The summed E-state index contributed by atoms with van der Waals surface area (Å²) in [7, 11) is 1.78. The van der Waals surface area contributed by atoms with Crippen LogP contribution in [0.2, 0.25) is 0 Å². The quantitative estimate of drug-likeness (QED) is 0.656. The maximum atomic E-state index is 10.8. The van der Waals surface area contributed by atoms with E-state index in [2.05, 4.69) is 10.4 Å². The maximum Gasteiger partial charge on any atom is 0.219 e. The Morgan fingerprint density at radius 1 is 1.67 bits per heavy atom. The van der Waals surface area contributed by atoms with Crippen molar-refractivity contribution in [3.05, 3.63) is 6.20 Å². The first-order chi connectivity index (χ1) is 6.80. The number of nitrogens with one attached hydrogen (secondary N) is 1. The van der Waals surface area contributed by atoms with Crippen molar-refractivity contribution >= 4 is 17.4 Å². The summed E-state index contributed by atoms with van der Waals surface area (Å²) in [6.45, 7) is 3.73. The number of nitrogens with two attached hydrogens (primary N) is 2. The lowest BCUT2D eigenvalue weighted by atomic mass is 10.0. The van der Waals surface area contributed by atoms with Crippen molar-refractivity contribution in [2.24, 2.45) is 12.8 Å². The second kappa shape index (κ2) is 3.80. The molecule has 6 nitrogen and oxygen atoms in total. The Labute approximate surface area is 88.6 Å². The summed E-state index contributed by atoms with van der Waals surface area (Å²) in [5.74, 6) is 0.214. The van der Waals surface area contributed by atoms with Crippen molar-refractivity contribution in [2.45, 2.75) is 25.8 Å². The van der Waals surface area contributed by atoms with Crippen LogP contribution in [0.5, 0.6) is 0 Å². The molecule has 0 saturated heterocycles. The number of anilines is 2. The lowest BCUT2D eigenvalue weighted by molar-refractivity contribution is -0.118. The monoisotopic (exact) mass is 211 g/mol. The van der Waals surface area contributed by atoms with Gasteiger partial charge in [-0.2, -0.15) is 5.10 Å². The van der Waals surface area contributed by atoms with E-state index in [0.29, 0.717) is 11.5 Å². The second-order valence-corrected chi connectivity index (χ2v) is 4.26. The van der Waals surface area contributed by atoms with Crippen molar-refractivity contribution in [3.63, 3.8) is 0 Å². The average molecular weight is 211 g/mol. The van der Waals surface area contributed by atoms with Gasteiger partial charge in [-0.3, -0.25) is 9.48 Å². The van der Waals surface area contributed by atoms with Crippen LogP contribution in [0.15, 0.2) is 6.20 Å². The Bertz CT molecular complexity index is 369. The van der Waals surface area contributed by atoms with Crippen molar-refractivity contribution in [1.29, 1.82) is 0 Å². The fraction of sp³-hybridized carbons (Fsp3) is 0.556. The maximum absolute atomic E-state index is 10.8. The third-order valence-electron chi connectivity index (χ3n) is 1.93. The van der Waals surface area contributed by atoms with Crippen LogP contribution in [0.4, 0.5) is 11.5 Å². The predicted octanol–water partition coefficient (Wildman–Crippen LogP) is 0.0682. The highest BCUT2D eigenvalue weighted by Gasteiger charge is 2.22. The van der Waals surface area contributed by atoms with Crippen molar-refractivity contribution in [3.8, 4) is 0 Å². The van der Waals surface area contributed by atoms with Gasteiger partial charge in [-0.25, -0.2) is 0 Å². The van der Waals surface area contributed by atoms with Crippen LogP contribution >= 0.6 is 0 Å². The lowest BCUT2D eigenvalue weighted by Crippen LogP contribution is -2.36. The summed E-state index contributed by atoms with van der Waals surface area (Å²) in [5.41, 5.74) is 11.0. The lowest BCUT2D eigenvalue weighted by Gasteiger charge is -2.24. The highest BCUT2D eigenvalue weighted by Crippen LogP contribution is 2.21. The van der Waals surface area contributed by atoms with Crippen molar-refractivity contribution in [1.82, 2.24) is 9.78 Å². The number of rotatable bonds is 4. The minimum absolute atomic E-state index is 0.225. The highest BCUT2D eigenvalue weighted by atomic mass is 16.1. The molecule has 0 aliphatic heterocycles. The Kier molecular flexibility index (Phi) is 2.88. The number of carbonyl (C=O) groups is 1. The fourth-order valence-corrected chi connectivity index (χ4v) is 1.40. The van der Waals surface area contributed by atoms with Gasteiger partial charge in [0.05, 0.1) is 5.69 Å². The van der Waals surface area contributed by atoms with Crippen LogP contribution in [0, 0.1) is 0 Å². The highest BCUT2D eigenvalue weighted by molar-refractivity contribution is 5.76. The van der Waals surface area contributed by atoms with Gasteiger partial charge >= 0.3 is 0 Å². The molecule has 0 spiro atoms. The number of hydrogen-bond acceptors (Lipinski definition) is 4. The van der Waals surface area contributed by atoms with Gasteiger partial charge in [0.1, 0.15) is 0 Å². The zero-order chi connectivity index (χ0) is 11.6. The Morgan fingerprint density at radius 3 is 2.67 bits per heavy atom. The first-order valence-electron chi connectivity index (χ1n) is 4.66. The Hall–Kier alpha value is -1.72. The normalized spacial score (nSPS) is 11.4. The van der Waals surface area contributed by atoms with Crippen LogP contribution in [-0.4, -0.2) is 21.2 Å². The number of carbonyl (C=O) groups excluding carboxylic acids is 1. The van der Waals surface area contributed by atoms with Crippen molar-refractivity contribution < 1.29 is 4.79 Å². The third-order valence-corrected chi connectivity index (χ3v) is 1.93.